The van der Waals surface area contributed by atoms with Crippen LogP contribution in [-0.4, -0.2) is 36.1 Å². The maximum absolute atomic E-state index is 12.5. The predicted molar refractivity (Wildman–Crippen MR) is 90.7 cm³/mol. The highest BCUT2D eigenvalue weighted by Gasteiger charge is 2.40. The largest absolute Gasteiger partial charge is 0.390 e. The van der Waals surface area contributed by atoms with Crippen LogP contribution in [0, 0.1) is 0 Å². The van der Waals surface area contributed by atoms with E-state index in [-0.39, 0.29) is 24.6 Å². The van der Waals surface area contributed by atoms with Gasteiger partial charge in [-0.25, -0.2) is 3.53 Å². The topological polar surface area (TPSA) is 61.4 Å². The van der Waals surface area contributed by atoms with Crippen LogP contribution in [0.1, 0.15) is 34.8 Å². The summed E-state index contributed by atoms with van der Waals surface area (Å²) in [6, 6.07) is 3.74. The molecule has 0 radical (unpaired) electrons. The van der Waals surface area contributed by atoms with Gasteiger partial charge in [0.05, 0.1) is 25.6 Å². The molecule has 0 aromatic heterocycles. The molecule has 1 aliphatic heterocycles. The lowest BCUT2D eigenvalue weighted by atomic mass is 10.0. The van der Waals surface area contributed by atoms with Crippen LogP contribution in [-0.2, 0) is 4.79 Å². The predicted octanol–water partition coefficient (Wildman–Crippen LogP) is 3.19. The van der Waals surface area contributed by atoms with Crippen molar-refractivity contribution in [2.24, 2.45) is 0 Å². The van der Waals surface area contributed by atoms with E-state index in [0.717, 1.165) is 4.90 Å². The molecule has 0 saturated carbocycles. The minimum atomic E-state index is -4.38. The lowest BCUT2D eigenvalue weighted by Crippen LogP contribution is -2.36. The van der Waals surface area contributed by atoms with Crippen LogP contribution in [0.5, 0.6) is 0 Å². The Morgan fingerprint density at radius 1 is 1.38 bits per heavy atom. The fourth-order valence-electron chi connectivity index (χ4n) is 2.57. The van der Waals surface area contributed by atoms with Gasteiger partial charge in [-0.15, -0.1) is 0 Å². The Morgan fingerprint density at radius 3 is 2.71 bits per heavy atom. The van der Waals surface area contributed by atoms with Crippen molar-refractivity contribution >= 4 is 46.3 Å². The van der Waals surface area contributed by atoms with Gasteiger partial charge in [0.2, 0.25) is 5.91 Å². The number of carbonyl (C=O) groups is 2. The van der Waals surface area contributed by atoms with Crippen molar-refractivity contribution in [2.75, 3.05) is 13.2 Å². The summed E-state index contributed by atoms with van der Waals surface area (Å²) in [7, 11) is 0. The maximum Gasteiger partial charge on any atom is 0.390 e. The number of halogens is 5. The van der Waals surface area contributed by atoms with E-state index >= 15 is 0 Å². The quantitative estimate of drug-likeness (QED) is 0.377. The van der Waals surface area contributed by atoms with E-state index in [2.05, 4.69) is 8.85 Å². The smallest absolute Gasteiger partial charge is 0.343 e. The van der Waals surface area contributed by atoms with Gasteiger partial charge < -0.3 is 10.2 Å². The molecule has 0 bridgehead atoms. The zero-order valence-electron chi connectivity index (χ0n) is 12.3. The summed E-state index contributed by atoms with van der Waals surface area (Å²) in [5.41, 5.74) is 0.763. The number of rotatable bonds is 6. The van der Waals surface area contributed by atoms with E-state index < -0.39 is 31.1 Å². The molecule has 1 heterocycles. The summed E-state index contributed by atoms with van der Waals surface area (Å²) in [4.78, 5) is 25.4. The molecule has 0 aliphatic carbocycles. The van der Waals surface area contributed by atoms with E-state index in [0.29, 0.717) is 10.6 Å². The zero-order chi connectivity index (χ0) is 17.9. The molecule has 10 heteroatoms. The number of carbonyl (C=O) groups excluding carboxylic acids is 2. The lowest BCUT2D eigenvalue weighted by molar-refractivity contribution is -0.137. The maximum atomic E-state index is 12.5. The molecule has 1 aromatic rings. The average molecular weight is 476 g/mol. The molecular weight excluding hydrogens is 462 g/mol. The third kappa shape index (κ3) is 4.73. The minimum Gasteiger partial charge on any atom is -0.343 e. The van der Waals surface area contributed by atoms with Crippen LogP contribution in [0.3, 0.4) is 0 Å². The Hall–Kier alpha value is -1.07. The lowest BCUT2D eigenvalue weighted by Gasteiger charge is -2.25. The number of hydrogen-bond acceptors (Lipinski definition) is 3. The van der Waals surface area contributed by atoms with Crippen LogP contribution in [0.25, 0.3) is 0 Å². The summed E-state index contributed by atoms with van der Waals surface area (Å²) in [5.74, 6) is -0.891. The van der Waals surface area contributed by atoms with E-state index in [1.54, 1.807) is 0 Å². The summed E-state index contributed by atoms with van der Waals surface area (Å²) in [6.07, 6.45) is -5.65. The van der Waals surface area contributed by atoms with E-state index in [9.17, 15) is 22.8 Å². The van der Waals surface area contributed by atoms with Crippen molar-refractivity contribution < 1.29 is 22.8 Å². The van der Waals surface area contributed by atoms with Gasteiger partial charge >= 0.3 is 6.18 Å². The number of fused-ring (bicyclic) bond motifs is 1. The third-order valence-corrected chi connectivity index (χ3v) is 4.22. The summed E-state index contributed by atoms with van der Waals surface area (Å²) < 4.78 is 40.3. The summed E-state index contributed by atoms with van der Waals surface area (Å²) in [6.45, 7) is -0.290. The molecule has 2 rings (SSSR count). The number of nitrogens with one attached hydrogen (secondary N) is 2. The zero-order valence-corrected chi connectivity index (χ0v) is 15.2. The number of nitrogens with zero attached hydrogens (tertiary/aromatic N) is 1. The van der Waals surface area contributed by atoms with Crippen LogP contribution in [0.15, 0.2) is 18.2 Å². The van der Waals surface area contributed by atoms with Crippen molar-refractivity contribution in [3.05, 3.63) is 34.3 Å². The first-order valence-corrected chi connectivity index (χ1v) is 8.46. The molecule has 24 heavy (non-hydrogen) atoms. The Balaban J connectivity index is 2.24. The molecular formula is C14H14ClF3IN3O2. The number of hydrogen-bond donors (Lipinski definition) is 2. The molecule has 0 spiro atoms. The van der Waals surface area contributed by atoms with Gasteiger partial charge in [0, 0.05) is 40.0 Å². The van der Waals surface area contributed by atoms with Crippen LogP contribution in [0.2, 0.25) is 5.02 Å². The molecule has 132 valence electrons. The first-order valence-electron chi connectivity index (χ1n) is 7.00. The summed E-state index contributed by atoms with van der Waals surface area (Å²) >= 11 is 7.78. The van der Waals surface area contributed by atoms with E-state index in [1.165, 1.54) is 18.2 Å². The van der Waals surface area contributed by atoms with Crippen molar-refractivity contribution in [2.45, 2.75) is 25.1 Å². The van der Waals surface area contributed by atoms with Crippen LogP contribution in [0.4, 0.5) is 13.2 Å². The van der Waals surface area contributed by atoms with Crippen molar-refractivity contribution in [1.29, 1.82) is 0 Å². The SMILES string of the molecule is O=C(CC1c2cc(Cl)ccc2C(=O)N1CCC(F)(F)F)NCNI. The third-order valence-electron chi connectivity index (χ3n) is 3.61. The van der Waals surface area contributed by atoms with Gasteiger partial charge in [-0.1, -0.05) is 11.6 Å². The summed E-state index contributed by atoms with van der Waals surface area (Å²) in [5, 5.41) is 2.92. The highest BCUT2D eigenvalue weighted by molar-refractivity contribution is 14.1. The van der Waals surface area contributed by atoms with Gasteiger partial charge in [-0.05, 0) is 23.8 Å². The Morgan fingerprint density at radius 2 is 2.08 bits per heavy atom. The van der Waals surface area contributed by atoms with Gasteiger partial charge in [0.15, 0.2) is 0 Å². The number of benzene rings is 1. The molecule has 1 aliphatic rings. The second-order valence-corrected chi connectivity index (χ2v) is 6.42. The highest BCUT2D eigenvalue weighted by Crippen LogP contribution is 2.38. The van der Waals surface area contributed by atoms with Gasteiger partial charge in [-0.2, -0.15) is 13.2 Å². The Bertz CT molecular complexity index is 642. The number of amides is 2. The van der Waals surface area contributed by atoms with Gasteiger partial charge in [-0.3, -0.25) is 9.59 Å². The normalized spacial score (nSPS) is 17.1. The average Bonchev–Trinajstić information content (AvgIpc) is 2.74. The molecule has 2 amide bonds. The monoisotopic (exact) mass is 475 g/mol. The first-order chi connectivity index (χ1) is 11.2. The highest BCUT2D eigenvalue weighted by atomic mass is 127. The molecule has 5 nitrogen and oxygen atoms in total. The number of alkyl halides is 3. The fraction of sp³-hybridized carbons (Fsp3) is 0.429. The second-order valence-electron chi connectivity index (χ2n) is 5.23. The van der Waals surface area contributed by atoms with Gasteiger partial charge in [0.25, 0.3) is 5.91 Å². The van der Waals surface area contributed by atoms with Crippen molar-refractivity contribution in [1.82, 2.24) is 13.7 Å². The van der Waals surface area contributed by atoms with E-state index in [1.807, 2.05) is 22.9 Å². The molecule has 1 unspecified atom stereocenters. The molecule has 1 aromatic carbocycles. The minimum absolute atomic E-state index is 0.130. The molecule has 0 fully saturated rings. The Kier molecular flexibility index (Phi) is 6.32. The van der Waals surface area contributed by atoms with E-state index in [4.69, 9.17) is 11.6 Å². The molecule has 1 atom stereocenters. The van der Waals surface area contributed by atoms with Crippen LogP contribution < -0.4 is 8.85 Å². The van der Waals surface area contributed by atoms with Crippen molar-refractivity contribution in [3.8, 4) is 0 Å². The first kappa shape index (κ1) is 19.3. The molecule has 0 saturated heterocycles. The van der Waals surface area contributed by atoms with Crippen LogP contribution >= 0.6 is 34.5 Å². The fourth-order valence-corrected chi connectivity index (χ4v) is 2.94. The standard InChI is InChI=1S/C14H14ClF3IN3O2/c15-8-1-2-9-10(5-8)11(6-12(23)20-7-21-19)22(13(9)24)4-3-14(16,17)18/h1-2,5,11,21H,3-4,6-7H2,(H,20,23). The van der Waals surface area contributed by atoms with Crippen molar-refractivity contribution in [3.63, 3.8) is 0 Å². The Labute approximate surface area is 155 Å². The van der Waals surface area contributed by atoms with Gasteiger partial charge in [0.1, 0.15) is 0 Å². The second kappa shape index (κ2) is 7.87. The molecule has 2 N–H and O–H groups in total.